The first-order chi connectivity index (χ1) is 14.6. The summed E-state index contributed by atoms with van der Waals surface area (Å²) >= 11 is 0. The second kappa shape index (κ2) is 13.9. The van der Waals surface area contributed by atoms with E-state index < -0.39 is 10.0 Å². The van der Waals surface area contributed by atoms with E-state index in [1.54, 1.807) is 4.90 Å². The van der Waals surface area contributed by atoms with Gasteiger partial charge in [0.1, 0.15) is 0 Å². The van der Waals surface area contributed by atoms with E-state index in [9.17, 15) is 13.2 Å². The van der Waals surface area contributed by atoms with Crippen molar-refractivity contribution in [1.82, 2.24) is 13.8 Å². The Bertz CT molecular complexity index is 741. The third-order valence-electron chi connectivity index (χ3n) is 5.37. The number of aryl methyl sites for hydroxylation is 1. The molecule has 0 aliphatic carbocycles. The summed E-state index contributed by atoms with van der Waals surface area (Å²) in [5.41, 5.74) is 1.04. The number of sulfonamides is 1. The standard InChI is InChI=1S/C24H45N3O3S/c1-7-8-9-10-11-12-16-31(29,30)27(18-22(4)5)20-24(28)26(17-21(2)3)19-23-14-13-15-25(23)6/h13-15,21-22H,7-12,16-20H2,1-6H3. The van der Waals surface area contributed by atoms with E-state index in [1.165, 1.54) is 17.1 Å². The Labute approximate surface area is 191 Å². The molecule has 0 aliphatic heterocycles. The minimum Gasteiger partial charge on any atom is -0.353 e. The van der Waals surface area contributed by atoms with Gasteiger partial charge in [0, 0.05) is 32.0 Å². The molecule has 7 heteroatoms. The number of amides is 1. The molecule has 0 atom stereocenters. The van der Waals surface area contributed by atoms with Gasteiger partial charge >= 0.3 is 0 Å². The lowest BCUT2D eigenvalue weighted by Gasteiger charge is -2.29. The molecule has 0 radical (unpaired) electrons. The highest BCUT2D eigenvalue weighted by Crippen LogP contribution is 2.14. The molecule has 1 rings (SSSR count). The molecule has 6 nitrogen and oxygen atoms in total. The highest BCUT2D eigenvalue weighted by molar-refractivity contribution is 7.89. The molecule has 0 aromatic carbocycles. The Morgan fingerprint density at radius 2 is 1.61 bits per heavy atom. The van der Waals surface area contributed by atoms with Crippen LogP contribution in [-0.4, -0.2) is 53.5 Å². The Balaban J connectivity index is 2.83. The normalized spacial score (nSPS) is 12.3. The highest BCUT2D eigenvalue weighted by Gasteiger charge is 2.27. The van der Waals surface area contributed by atoms with E-state index in [0.717, 1.165) is 25.0 Å². The Morgan fingerprint density at radius 3 is 2.16 bits per heavy atom. The summed E-state index contributed by atoms with van der Waals surface area (Å²) in [4.78, 5) is 15.0. The summed E-state index contributed by atoms with van der Waals surface area (Å²) in [6.07, 6.45) is 8.16. The maximum Gasteiger partial charge on any atom is 0.238 e. The summed E-state index contributed by atoms with van der Waals surface area (Å²) in [5.74, 6) is 0.476. The molecule has 1 aromatic rings. The summed E-state index contributed by atoms with van der Waals surface area (Å²) in [5, 5.41) is 0. The molecule has 0 saturated carbocycles. The number of carbonyl (C=O) groups is 1. The largest absolute Gasteiger partial charge is 0.353 e. The van der Waals surface area contributed by atoms with E-state index >= 15 is 0 Å². The van der Waals surface area contributed by atoms with Crippen molar-refractivity contribution in [2.45, 2.75) is 79.7 Å². The van der Waals surface area contributed by atoms with Crippen LogP contribution in [0.1, 0.15) is 78.8 Å². The van der Waals surface area contributed by atoms with E-state index in [2.05, 4.69) is 20.8 Å². The van der Waals surface area contributed by atoms with Gasteiger partial charge in [-0.25, -0.2) is 8.42 Å². The summed E-state index contributed by atoms with van der Waals surface area (Å²) in [6.45, 7) is 11.7. The first-order valence-corrected chi connectivity index (χ1v) is 13.5. The minimum atomic E-state index is -3.46. The molecule has 1 heterocycles. The molecule has 0 unspecified atom stereocenters. The number of hydrogen-bond donors (Lipinski definition) is 0. The topological polar surface area (TPSA) is 62.6 Å². The third kappa shape index (κ3) is 10.7. The van der Waals surface area contributed by atoms with Gasteiger partial charge < -0.3 is 9.47 Å². The molecule has 0 spiro atoms. The molecule has 0 N–H and O–H groups in total. The van der Waals surface area contributed by atoms with Gasteiger partial charge in [0.15, 0.2) is 0 Å². The van der Waals surface area contributed by atoms with Crippen LogP contribution in [0, 0.1) is 11.8 Å². The van der Waals surface area contributed by atoms with Gasteiger partial charge in [-0.15, -0.1) is 0 Å². The summed E-state index contributed by atoms with van der Waals surface area (Å²) in [6, 6.07) is 3.96. The Morgan fingerprint density at radius 1 is 1.00 bits per heavy atom. The lowest BCUT2D eigenvalue weighted by Crippen LogP contribution is -2.45. The monoisotopic (exact) mass is 455 g/mol. The fourth-order valence-electron chi connectivity index (χ4n) is 3.68. The molecule has 180 valence electrons. The SMILES string of the molecule is CCCCCCCCS(=O)(=O)N(CC(=O)N(Cc1cccn1C)CC(C)C)CC(C)C. The molecule has 0 fully saturated rings. The molecule has 1 amide bonds. The van der Waals surface area contributed by atoms with Gasteiger partial charge in [-0.2, -0.15) is 4.31 Å². The van der Waals surface area contributed by atoms with Crippen molar-refractivity contribution in [2.24, 2.45) is 18.9 Å². The second-order valence-electron chi connectivity index (χ2n) is 9.55. The van der Waals surface area contributed by atoms with E-state index in [-0.39, 0.29) is 24.1 Å². The van der Waals surface area contributed by atoms with Crippen molar-refractivity contribution < 1.29 is 13.2 Å². The molecule has 0 bridgehead atoms. The fraction of sp³-hybridized carbons (Fsp3) is 0.792. The number of aromatic nitrogens is 1. The molecule has 0 aliphatic rings. The van der Waals surface area contributed by atoms with Crippen LogP contribution in [0.3, 0.4) is 0 Å². The van der Waals surface area contributed by atoms with Gasteiger partial charge in [0.25, 0.3) is 0 Å². The Hall–Kier alpha value is -1.34. The van der Waals surface area contributed by atoms with Crippen molar-refractivity contribution >= 4 is 15.9 Å². The molecular formula is C24H45N3O3S. The van der Waals surface area contributed by atoms with Crippen molar-refractivity contribution in [3.05, 3.63) is 24.0 Å². The highest BCUT2D eigenvalue weighted by atomic mass is 32.2. The lowest BCUT2D eigenvalue weighted by atomic mass is 10.1. The fourth-order valence-corrected chi connectivity index (χ4v) is 5.34. The lowest BCUT2D eigenvalue weighted by molar-refractivity contribution is -0.132. The molecule has 31 heavy (non-hydrogen) atoms. The van der Waals surface area contributed by atoms with Gasteiger partial charge in [-0.1, -0.05) is 66.7 Å². The number of nitrogens with zero attached hydrogens (tertiary/aromatic N) is 3. The minimum absolute atomic E-state index is 0.0759. The first kappa shape index (κ1) is 27.7. The van der Waals surface area contributed by atoms with Crippen LogP contribution in [0.15, 0.2) is 18.3 Å². The van der Waals surface area contributed by atoms with Crippen molar-refractivity contribution in [2.75, 3.05) is 25.4 Å². The van der Waals surface area contributed by atoms with Crippen molar-refractivity contribution in [1.29, 1.82) is 0 Å². The zero-order valence-corrected chi connectivity index (χ0v) is 21.5. The molecule has 0 saturated heterocycles. The smallest absolute Gasteiger partial charge is 0.238 e. The van der Waals surface area contributed by atoms with Crippen molar-refractivity contribution in [3.8, 4) is 0 Å². The van der Waals surface area contributed by atoms with Crippen LogP contribution >= 0.6 is 0 Å². The first-order valence-electron chi connectivity index (χ1n) is 11.9. The van der Waals surface area contributed by atoms with Crippen LogP contribution in [0.25, 0.3) is 0 Å². The van der Waals surface area contributed by atoms with Gasteiger partial charge in [0.2, 0.25) is 15.9 Å². The third-order valence-corrected chi connectivity index (χ3v) is 7.24. The van der Waals surface area contributed by atoms with Crippen LogP contribution < -0.4 is 0 Å². The van der Waals surface area contributed by atoms with Crippen LogP contribution in [0.2, 0.25) is 0 Å². The van der Waals surface area contributed by atoms with E-state index in [1.807, 2.05) is 43.8 Å². The number of hydrogen-bond acceptors (Lipinski definition) is 3. The zero-order chi connectivity index (χ0) is 23.4. The predicted molar refractivity (Wildman–Crippen MR) is 129 cm³/mol. The number of unbranched alkanes of at least 4 members (excludes halogenated alkanes) is 5. The maximum absolute atomic E-state index is 13.2. The van der Waals surface area contributed by atoms with Gasteiger partial charge in [-0.3, -0.25) is 4.79 Å². The van der Waals surface area contributed by atoms with Crippen molar-refractivity contribution in [3.63, 3.8) is 0 Å². The average Bonchev–Trinajstić information content (AvgIpc) is 3.07. The number of carbonyl (C=O) groups excluding carboxylic acids is 1. The predicted octanol–water partition coefficient (Wildman–Crippen LogP) is 4.66. The van der Waals surface area contributed by atoms with E-state index in [0.29, 0.717) is 32.0 Å². The summed E-state index contributed by atoms with van der Waals surface area (Å²) in [7, 11) is -1.50. The Kier molecular flexibility index (Phi) is 12.5. The van der Waals surface area contributed by atoms with Gasteiger partial charge in [0.05, 0.1) is 18.8 Å². The van der Waals surface area contributed by atoms with Crippen LogP contribution in [0.4, 0.5) is 0 Å². The quantitative estimate of drug-likeness (QED) is 0.341. The second-order valence-corrected chi connectivity index (χ2v) is 11.6. The van der Waals surface area contributed by atoms with Crippen LogP contribution in [0.5, 0.6) is 0 Å². The van der Waals surface area contributed by atoms with Crippen LogP contribution in [-0.2, 0) is 28.4 Å². The summed E-state index contributed by atoms with van der Waals surface area (Å²) < 4.78 is 29.5. The molecular weight excluding hydrogens is 410 g/mol. The maximum atomic E-state index is 13.2. The van der Waals surface area contributed by atoms with Gasteiger partial charge in [-0.05, 0) is 30.4 Å². The average molecular weight is 456 g/mol. The zero-order valence-electron chi connectivity index (χ0n) is 20.6. The molecule has 1 aromatic heterocycles. The van der Waals surface area contributed by atoms with E-state index in [4.69, 9.17) is 0 Å². The number of rotatable bonds is 16.